The van der Waals surface area contributed by atoms with Crippen LogP contribution in [0.3, 0.4) is 0 Å². The van der Waals surface area contributed by atoms with Gasteiger partial charge in [0.2, 0.25) is 5.91 Å². The number of carbonyl (C=O) groups is 1. The van der Waals surface area contributed by atoms with Crippen LogP contribution in [0.2, 0.25) is 0 Å². The van der Waals surface area contributed by atoms with Gasteiger partial charge in [0.1, 0.15) is 0 Å². The van der Waals surface area contributed by atoms with Crippen LogP contribution < -0.4 is 10.9 Å². The van der Waals surface area contributed by atoms with E-state index in [1.807, 2.05) is 23.1 Å². The second-order valence-electron chi connectivity index (χ2n) is 7.32. The van der Waals surface area contributed by atoms with Crippen molar-refractivity contribution in [2.45, 2.75) is 32.2 Å². The number of para-hydroxylation sites is 1. The lowest BCUT2D eigenvalue weighted by Crippen LogP contribution is -2.44. The highest BCUT2D eigenvalue weighted by molar-refractivity contribution is 5.85. The Morgan fingerprint density at radius 3 is 2.69 bits per heavy atom. The smallest absolute Gasteiger partial charge is 0.261 e. The molecule has 3 heterocycles. The van der Waals surface area contributed by atoms with Crippen LogP contribution in [0.25, 0.3) is 10.9 Å². The molecule has 0 atom stereocenters. The van der Waals surface area contributed by atoms with Gasteiger partial charge in [0.05, 0.1) is 17.2 Å². The zero-order chi connectivity index (χ0) is 17.3. The highest BCUT2D eigenvalue weighted by Gasteiger charge is 2.37. The molecule has 0 saturated carbocycles. The molecule has 1 amide bonds. The number of benzene rings is 1. The fourth-order valence-corrected chi connectivity index (χ4v) is 4.09. The molecule has 2 aliphatic heterocycles. The Bertz CT molecular complexity index is 835. The summed E-state index contributed by atoms with van der Waals surface area (Å²) in [6, 6.07) is 7.31. The van der Waals surface area contributed by atoms with Crippen LogP contribution in [0.15, 0.2) is 35.4 Å². The Labute approximate surface area is 159 Å². The third-order valence-electron chi connectivity index (χ3n) is 5.81. The monoisotopic (exact) mass is 376 g/mol. The number of piperidine rings is 1. The molecule has 1 N–H and O–H groups in total. The number of aromatic nitrogens is 2. The number of rotatable bonds is 3. The zero-order valence-electron chi connectivity index (χ0n) is 14.8. The minimum absolute atomic E-state index is 0. The van der Waals surface area contributed by atoms with E-state index in [4.69, 9.17) is 0 Å². The third kappa shape index (κ3) is 3.62. The molecule has 2 aromatic rings. The summed E-state index contributed by atoms with van der Waals surface area (Å²) in [5.74, 6) is 0.140. The van der Waals surface area contributed by atoms with Crippen molar-refractivity contribution in [3.05, 3.63) is 40.9 Å². The minimum Gasteiger partial charge on any atom is -0.343 e. The maximum Gasteiger partial charge on any atom is 0.261 e. The summed E-state index contributed by atoms with van der Waals surface area (Å²) in [6.45, 7) is 4.26. The quantitative estimate of drug-likeness (QED) is 0.887. The standard InChI is InChI=1S/C19H24N4O2.ClH/c24-17(22-11-7-19(8-12-22)6-9-20-13-19)5-10-23-14-21-16-4-2-1-3-15(16)18(23)25;/h1-4,14,20H,5-13H2;1H. The lowest BCUT2D eigenvalue weighted by molar-refractivity contribution is -0.133. The van der Waals surface area contributed by atoms with E-state index in [2.05, 4.69) is 10.3 Å². The van der Waals surface area contributed by atoms with Gasteiger partial charge in [-0.2, -0.15) is 0 Å². The van der Waals surface area contributed by atoms with Gasteiger partial charge >= 0.3 is 0 Å². The largest absolute Gasteiger partial charge is 0.343 e. The topological polar surface area (TPSA) is 67.2 Å². The maximum atomic E-state index is 12.5. The first-order valence-electron chi connectivity index (χ1n) is 9.10. The fraction of sp³-hybridized carbons (Fsp3) is 0.526. The minimum atomic E-state index is -0.0759. The van der Waals surface area contributed by atoms with Crippen molar-refractivity contribution < 1.29 is 4.79 Å². The van der Waals surface area contributed by atoms with Crippen molar-refractivity contribution in [3.8, 4) is 0 Å². The van der Waals surface area contributed by atoms with Crippen LogP contribution in [-0.4, -0.2) is 46.5 Å². The van der Waals surface area contributed by atoms with Gasteiger partial charge in [0.15, 0.2) is 0 Å². The Kier molecular flexibility index (Phi) is 5.63. The molecule has 0 radical (unpaired) electrons. The number of halogens is 1. The molecule has 2 aliphatic rings. The Balaban J connectivity index is 0.00000196. The van der Waals surface area contributed by atoms with Crippen molar-refractivity contribution >= 4 is 29.2 Å². The molecule has 0 unspecified atom stereocenters. The summed E-state index contributed by atoms with van der Waals surface area (Å²) in [4.78, 5) is 31.3. The van der Waals surface area contributed by atoms with Crippen LogP contribution in [0.1, 0.15) is 25.7 Å². The van der Waals surface area contributed by atoms with Gasteiger partial charge in [-0.05, 0) is 43.4 Å². The Hall–Kier alpha value is -1.92. The number of carbonyl (C=O) groups excluding carboxylic acids is 1. The lowest BCUT2D eigenvalue weighted by atomic mass is 9.78. The van der Waals surface area contributed by atoms with Crippen molar-refractivity contribution in [1.29, 1.82) is 0 Å². The third-order valence-corrected chi connectivity index (χ3v) is 5.81. The van der Waals surface area contributed by atoms with E-state index < -0.39 is 0 Å². The first-order valence-corrected chi connectivity index (χ1v) is 9.10. The number of likely N-dealkylation sites (tertiary alicyclic amines) is 1. The second-order valence-corrected chi connectivity index (χ2v) is 7.32. The van der Waals surface area contributed by atoms with Gasteiger partial charge in [-0.1, -0.05) is 12.1 Å². The molecule has 1 spiro atoms. The van der Waals surface area contributed by atoms with Gasteiger partial charge in [0, 0.05) is 32.6 Å². The number of hydrogen-bond acceptors (Lipinski definition) is 4. The number of hydrogen-bond donors (Lipinski definition) is 1. The van der Waals surface area contributed by atoms with E-state index in [0.717, 1.165) is 39.0 Å². The van der Waals surface area contributed by atoms with Crippen LogP contribution in [-0.2, 0) is 11.3 Å². The molecule has 1 aromatic heterocycles. The molecule has 0 aliphatic carbocycles. The summed E-state index contributed by atoms with van der Waals surface area (Å²) < 4.78 is 1.55. The predicted octanol–water partition coefficient (Wildman–Crippen LogP) is 1.81. The SMILES string of the molecule is Cl.O=C(CCn1cnc2ccccc2c1=O)N1CCC2(CCNC2)CC1. The van der Waals surface area contributed by atoms with Crippen LogP contribution in [0.5, 0.6) is 0 Å². The molecule has 26 heavy (non-hydrogen) atoms. The van der Waals surface area contributed by atoms with Gasteiger partial charge in [0.25, 0.3) is 5.56 Å². The average Bonchev–Trinajstić information content (AvgIpc) is 3.10. The molecule has 6 nitrogen and oxygen atoms in total. The van der Waals surface area contributed by atoms with Crippen molar-refractivity contribution in [2.24, 2.45) is 5.41 Å². The van der Waals surface area contributed by atoms with E-state index in [-0.39, 0.29) is 23.9 Å². The Morgan fingerprint density at radius 2 is 1.96 bits per heavy atom. The molecule has 4 rings (SSSR count). The van der Waals surface area contributed by atoms with Gasteiger partial charge < -0.3 is 10.2 Å². The number of nitrogens with zero attached hydrogens (tertiary/aromatic N) is 3. The van der Waals surface area contributed by atoms with Crippen LogP contribution >= 0.6 is 12.4 Å². The first-order chi connectivity index (χ1) is 12.2. The van der Waals surface area contributed by atoms with Crippen LogP contribution in [0, 0.1) is 5.41 Å². The molecule has 2 fully saturated rings. The van der Waals surface area contributed by atoms with Crippen molar-refractivity contribution in [3.63, 3.8) is 0 Å². The molecule has 0 bridgehead atoms. The maximum absolute atomic E-state index is 12.5. The highest BCUT2D eigenvalue weighted by Crippen LogP contribution is 2.36. The number of nitrogens with one attached hydrogen (secondary N) is 1. The number of amides is 1. The van der Waals surface area contributed by atoms with Crippen molar-refractivity contribution in [2.75, 3.05) is 26.2 Å². The van der Waals surface area contributed by atoms with Gasteiger partial charge in [-0.25, -0.2) is 4.98 Å². The van der Waals surface area contributed by atoms with Gasteiger partial charge in [-0.3, -0.25) is 14.2 Å². The summed E-state index contributed by atoms with van der Waals surface area (Å²) in [7, 11) is 0. The van der Waals surface area contributed by atoms with E-state index in [1.165, 1.54) is 6.42 Å². The van der Waals surface area contributed by atoms with E-state index in [1.54, 1.807) is 17.0 Å². The fourth-order valence-electron chi connectivity index (χ4n) is 4.09. The van der Waals surface area contributed by atoms with E-state index >= 15 is 0 Å². The second kappa shape index (κ2) is 7.76. The van der Waals surface area contributed by atoms with Crippen LogP contribution in [0.4, 0.5) is 0 Å². The molecule has 1 aromatic carbocycles. The highest BCUT2D eigenvalue weighted by atomic mass is 35.5. The molecular formula is C19H25ClN4O2. The zero-order valence-corrected chi connectivity index (χ0v) is 15.6. The van der Waals surface area contributed by atoms with E-state index in [9.17, 15) is 9.59 Å². The summed E-state index contributed by atoms with van der Waals surface area (Å²) in [6.07, 6.45) is 5.30. The molecule has 2 saturated heterocycles. The number of fused-ring (bicyclic) bond motifs is 1. The van der Waals surface area contributed by atoms with Gasteiger partial charge in [-0.15, -0.1) is 12.4 Å². The van der Waals surface area contributed by atoms with E-state index in [0.29, 0.717) is 29.3 Å². The summed E-state index contributed by atoms with van der Waals surface area (Å²) >= 11 is 0. The normalized spacial score (nSPS) is 18.8. The molecular weight excluding hydrogens is 352 g/mol. The summed E-state index contributed by atoms with van der Waals surface area (Å²) in [5.41, 5.74) is 1.03. The first kappa shape index (κ1) is 18.9. The van der Waals surface area contributed by atoms with Crippen molar-refractivity contribution in [1.82, 2.24) is 19.8 Å². The molecule has 7 heteroatoms. The Morgan fingerprint density at radius 1 is 1.19 bits per heavy atom. The number of aryl methyl sites for hydroxylation is 1. The molecule has 140 valence electrons. The lowest BCUT2D eigenvalue weighted by Gasteiger charge is -2.39. The predicted molar refractivity (Wildman–Crippen MR) is 104 cm³/mol. The average molecular weight is 377 g/mol. The summed E-state index contributed by atoms with van der Waals surface area (Å²) in [5, 5.41) is 4.05.